The molecule has 0 unspecified atom stereocenters. The summed E-state index contributed by atoms with van der Waals surface area (Å²) in [7, 11) is 1.85. The fraction of sp³-hybridized carbons (Fsp3) is 0.500. The van der Waals surface area contributed by atoms with Gasteiger partial charge in [0.15, 0.2) is 0 Å². The Balaban J connectivity index is 2.49. The first-order chi connectivity index (χ1) is 5.52. The number of carbonyl (C=O) groups excluding carboxylic acids is 1. The van der Waals surface area contributed by atoms with Crippen LogP contribution in [0.1, 0.15) is 13.8 Å². The van der Waals surface area contributed by atoms with Gasteiger partial charge in [-0.15, -0.1) is 0 Å². The molecule has 0 radical (unpaired) electrons. The van der Waals surface area contributed by atoms with E-state index in [-0.39, 0.29) is 16.9 Å². The van der Waals surface area contributed by atoms with Gasteiger partial charge < -0.3 is 4.90 Å². The molecule has 1 aliphatic carbocycles. The Kier molecular flexibility index (Phi) is 1.15. The van der Waals surface area contributed by atoms with E-state index >= 15 is 0 Å². The van der Waals surface area contributed by atoms with Gasteiger partial charge in [-0.2, -0.15) is 0 Å². The zero-order chi connectivity index (χ0) is 8.98. The molecule has 0 aromatic heterocycles. The Labute approximate surface area is 72.6 Å². The number of nitrogens with zero attached hydrogens (tertiary/aromatic N) is 1. The van der Waals surface area contributed by atoms with E-state index in [2.05, 4.69) is 13.0 Å². The van der Waals surface area contributed by atoms with Crippen LogP contribution >= 0.6 is 0 Å². The van der Waals surface area contributed by atoms with Crippen molar-refractivity contribution < 1.29 is 4.79 Å². The molecule has 1 fully saturated rings. The van der Waals surface area contributed by atoms with Crippen molar-refractivity contribution in [1.29, 1.82) is 0 Å². The number of hydrogen-bond donors (Lipinski definition) is 0. The average molecular weight is 163 g/mol. The van der Waals surface area contributed by atoms with Crippen LogP contribution in [0.4, 0.5) is 0 Å². The number of rotatable bonds is 0. The summed E-state index contributed by atoms with van der Waals surface area (Å²) in [5.74, 6) is 0.214. The van der Waals surface area contributed by atoms with Crippen molar-refractivity contribution >= 4 is 5.91 Å². The van der Waals surface area contributed by atoms with E-state index in [1.165, 1.54) is 0 Å². The number of amides is 1. The molecule has 2 nitrogen and oxygen atoms in total. The van der Waals surface area contributed by atoms with Gasteiger partial charge >= 0.3 is 0 Å². The summed E-state index contributed by atoms with van der Waals surface area (Å²) in [6.45, 7) is 4.09. The van der Waals surface area contributed by atoms with Gasteiger partial charge in [0.05, 0.1) is 11.0 Å². The predicted octanol–water partition coefficient (Wildman–Crippen LogP) is 1.35. The minimum atomic E-state index is -0.295. The maximum absolute atomic E-state index is 11.6. The lowest BCUT2D eigenvalue weighted by atomic mass is 9.60. The summed E-state index contributed by atoms with van der Waals surface area (Å²) in [6, 6.07) is 0. The smallest absolute Gasteiger partial charge is 0.235 e. The van der Waals surface area contributed by atoms with E-state index in [4.69, 9.17) is 0 Å². The van der Waals surface area contributed by atoms with Gasteiger partial charge in [0.1, 0.15) is 0 Å². The third-order valence-corrected chi connectivity index (χ3v) is 3.46. The van der Waals surface area contributed by atoms with E-state index in [0.717, 1.165) is 0 Å². The molecule has 2 atom stereocenters. The topological polar surface area (TPSA) is 20.3 Å². The first kappa shape index (κ1) is 7.59. The molecule has 12 heavy (non-hydrogen) atoms. The Bertz CT molecular complexity index is 305. The molecule has 1 amide bonds. The van der Waals surface area contributed by atoms with Crippen LogP contribution in [0.3, 0.4) is 0 Å². The van der Waals surface area contributed by atoms with Gasteiger partial charge in [-0.25, -0.2) is 0 Å². The van der Waals surface area contributed by atoms with Crippen molar-refractivity contribution in [2.75, 3.05) is 7.05 Å². The Morgan fingerprint density at radius 3 is 2.42 bits per heavy atom. The highest BCUT2D eigenvalue weighted by Crippen LogP contribution is 2.50. The number of likely N-dealkylation sites (tertiary alicyclic amines) is 1. The second-order valence-corrected chi connectivity index (χ2v) is 3.93. The predicted molar refractivity (Wildman–Crippen MR) is 47.6 cm³/mol. The Hall–Kier alpha value is -1.05. The maximum Gasteiger partial charge on any atom is 0.235 e. The minimum absolute atomic E-state index is 0.0984. The summed E-state index contributed by atoms with van der Waals surface area (Å²) >= 11 is 0. The fourth-order valence-electron chi connectivity index (χ4n) is 2.09. The van der Waals surface area contributed by atoms with E-state index < -0.39 is 0 Å². The Morgan fingerprint density at radius 1 is 1.25 bits per heavy atom. The molecule has 0 aromatic carbocycles. The lowest BCUT2D eigenvalue weighted by Gasteiger charge is -2.59. The molecule has 0 bridgehead atoms. The zero-order valence-corrected chi connectivity index (χ0v) is 7.66. The second-order valence-electron chi connectivity index (χ2n) is 3.93. The van der Waals surface area contributed by atoms with Crippen molar-refractivity contribution in [1.82, 2.24) is 4.90 Å². The molecule has 0 N–H and O–H groups in total. The molecule has 1 saturated heterocycles. The highest BCUT2D eigenvalue weighted by atomic mass is 16.2. The minimum Gasteiger partial charge on any atom is -0.335 e. The van der Waals surface area contributed by atoms with E-state index in [1.54, 1.807) is 4.90 Å². The fourth-order valence-corrected chi connectivity index (χ4v) is 2.09. The standard InChI is InChI=1S/C10H13NO/c1-9-6-4-5-7-10(9,2)11(3)8(9)12/h4-7H,1-3H3/t9-,10-/m1/s1. The molecule has 64 valence electrons. The summed E-state index contributed by atoms with van der Waals surface area (Å²) in [4.78, 5) is 13.4. The highest BCUT2D eigenvalue weighted by Gasteiger charge is 2.62. The van der Waals surface area contributed by atoms with Crippen LogP contribution in [0, 0.1) is 5.41 Å². The quantitative estimate of drug-likeness (QED) is 0.494. The average Bonchev–Trinajstić information content (AvgIpc) is 2.08. The van der Waals surface area contributed by atoms with Crippen LogP contribution in [0.2, 0.25) is 0 Å². The largest absolute Gasteiger partial charge is 0.335 e. The lowest BCUT2D eigenvalue weighted by molar-refractivity contribution is -0.169. The number of carbonyl (C=O) groups is 1. The van der Waals surface area contributed by atoms with E-state index in [0.29, 0.717) is 0 Å². The molecule has 2 aliphatic rings. The summed E-state index contributed by atoms with van der Waals surface area (Å²) in [5, 5.41) is 0. The molecular weight excluding hydrogens is 150 g/mol. The van der Waals surface area contributed by atoms with Crippen LogP contribution < -0.4 is 0 Å². The first-order valence-corrected chi connectivity index (χ1v) is 4.18. The molecule has 1 heterocycles. The van der Waals surface area contributed by atoms with Crippen molar-refractivity contribution in [2.45, 2.75) is 19.4 Å². The van der Waals surface area contributed by atoms with Gasteiger partial charge in [0, 0.05) is 7.05 Å². The van der Waals surface area contributed by atoms with Crippen molar-refractivity contribution in [3.8, 4) is 0 Å². The number of likely N-dealkylation sites (N-methyl/N-ethyl adjacent to an activating group) is 1. The lowest BCUT2D eigenvalue weighted by Crippen LogP contribution is -2.73. The molecule has 1 aliphatic heterocycles. The van der Waals surface area contributed by atoms with Crippen molar-refractivity contribution in [2.24, 2.45) is 5.41 Å². The molecule has 0 saturated carbocycles. The van der Waals surface area contributed by atoms with Crippen LogP contribution in [-0.4, -0.2) is 23.4 Å². The third kappa shape index (κ3) is 0.521. The monoisotopic (exact) mass is 163 g/mol. The number of fused-ring (bicyclic) bond motifs is 1. The van der Waals surface area contributed by atoms with E-state index in [1.807, 2.05) is 32.2 Å². The second kappa shape index (κ2) is 1.82. The number of allylic oxidation sites excluding steroid dienone is 2. The van der Waals surface area contributed by atoms with Crippen molar-refractivity contribution in [3.63, 3.8) is 0 Å². The summed E-state index contributed by atoms with van der Waals surface area (Å²) in [5.41, 5.74) is -0.394. The van der Waals surface area contributed by atoms with Crippen LogP contribution in [0.15, 0.2) is 24.3 Å². The zero-order valence-electron chi connectivity index (χ0n) is 7.66. The van der Waals surface area contributed by atoms with Crippen molar-refractivity contribution in [3.05, 3.63) is 24.3 Å². The van der Waals surface area contributed by atoms with Gasteiger partial charge in [0.25, 0.3) is 0 Å². The molecule has 0 spiro atoms. The van der Waals surface area contributed by atoms with Gasteiger partial charge in [-0.1, -0.05) is 24.3 Å². The number of β-lactam (4-membered cyclic amide) rings is 1. The molecule has 2 rings (SSSR count). The van der Waals surface area contributed by atoms with Crippen LogP contribution in [0.25, 0.3) is 0 Å². The normalized spacial score (nSPS) is 44.2. The molecule has 2 heteroatoms. The van der Waals surface area contributed by atoms with Gasteiger partial charge in [-0.05, 0) is 13.8 Å². The van der Waals surface area contributed by atoms with Gasteiger partial charge in [-0.3, -0.25) is 4.79 Å². The Morgan fingerprint density at radius 2 is 1.83 bits per heavy atom. The van der Waals surface area contributed by atoms with Gasteiger partial charge in [0.2, 0.25) is 5.91 Å². The van der Waals surface area contributed by atoms with Crippen LogP contribution in [0.5, 0.6) is 0 Å². The highest BCUT2D eigenvalue weighted by molar-refractivity contribution is 5.94. The van der Waals surface area contributed by atoms with E-state index in [9.17, 15) is 4.79 Å². The SMILES string of the molecule is CN1C(=O)[C@@]2(C)C=CC=C[C@@]12C. The van der Waals surface area contributed by atoms with Crippen LogP contribution in [-0.2, 0) is 4.79 Å². The maximum atomic E-state index is 11.6. The first-order valence-electron chi connectivity index (χ1n) is 4.18. The summed E-state index contributed by atoms with van der Waals surface area (Å²) < 4.78 is 0. The number of hydrogen-bond acceptors (Lipinski definition) is 1. The third-order valence-electron chi connectivity index (χ3n) is 3.46. The summed E-state index contributed by atoms with van der Waals surface area (Å²) in [6.07, 6.45) is 8.04. The molecule has 0 aromatic rings. The molecular formula is C10H13NO.